The van der Waals surface area contributed by atoms with Crippen LogP contribution in [0.25, 0.3) is 21.9 Å². The molecule has 25 heavy (non-hydrogen) atoms. The summed E-state index contributed by atoms with van der Waals surface area (Å²) < 4.78 is 6.36. The van der Waals surface area contributed by atoms with E-state index in [1.165, 1.54) is 19.4 Å². The molecule has 0 saturated carbocycles. The number of nitrogens with zero attached hydrogens (tertiary/aromatic N) is 3. The summed E-state index contributed by atoms with van der Waals surface area (Å²) in [5, 5.41) is 2.02. The van der Waals surface area contributed by atoms with Gasteiger partial charge < -0.3 is 20.4 Å². The number of rotatable bonds is 5. The Kier molecular flexibility index (Phi) is 4.44. The van der Waals surface area contributed by atoms with E-state index in [1.807, 2.05) is 12.1 Å². The number of aromatic amines is 1. The second-order valence-corrected chi connectivity index (χ2v) is 6.80. The second-order valence-electron chi connectivity index (χ2n) is 6.80. The number of piperidine rings is 1. The predicted molar refractivity (Wildman–Crippen MR) is 101 cm³/mol. The predicted octanol–water partition coefficient (Wildman–Crippen LogP) is 3.34. The van der Waals surface area contributed by atoms with Gasteiger partial charge in [-0.1, -0.05) is 13.3 Å². The van der Waals surface area contributed by atoms with Crippen LogP contribution in [0.15, 0.2) is 24.5 Å². The fourth-order valence-corrected chi connectivity index (χ4v) is 3.62. The normalized spacial score (nSPS) is 16.7. The minimum absolute atomic E-state index is 0.189. The standard InChI is InChI=1S/C19H25N5O/c1-2-3-9-24-10-6-13(7-11-24)25-17-16-14-5-4-8-21-19(14)23-15(16)12-22-18(17)20/h4-5,8,12-13H,2-3,6-7,9-11H2,1H3,(H2,20,22)(H,21,23). The van der Waals surface area contributed by atoms with Gasteiger partial charge >= 0.3 is 0 Å². The van der Waals surface area contributed by atoms with Crippen LogP contribution in [0.2, 0.25) is 0 Å². The van der Waals surface area contributed by atoms with E-state index in [1.54, 1.807) is 12.4 Å². The summed E-state index contributed by atoms with van der Waals surface area (Å²) in [7, 11) is 0. The van der Waals surface area contributed by atoms with Gasteiger partial charge in [-0.3, -0.25) is 0 Å². The summed E-state index contributed by atoms with van der Waals surface area (Å²) >= 11 is 0. The fourth-order valence-electron chi connectivity index (χ4n) is 3.62. The second kappa shape index (κ2) is 6.88. The monoisotopic (exact) mass is 339 g/mol. The number of hydrogen-bond acceptors (Lipinski definition) is 5. The van der Waals surface area contributed by atoms with Gasteiger partial charge in [0.15, 0.2) is 11.6 Å². The number of H-pyrrole nitrogens is 1. The van der Waals surface area contributed by atoms with E-state index in [2.05, 4.69) is 26.8 Å². The smallest absolute Gasteiger partial charge is 0.171 e. The number of anilines is 1. The van der Waals surface area contributed by atoms with Gasteiger partial charge in [-0.15, -0.1) is 0 Å². The molecule has 6 heteroatoms. The lowest BCUT2D eigenvalue weighted by molar-refractivity contribution is 0.101. The zero-order chi connectivity index (χ0) is 17.2. The van der Waals surface area contributed by atoms with E-state index >= 15 is 0 Å². The number of unbranched alkanes of at least 4 members (excludes halogenated alkanes) is 1. The highest BCUT2D eigenvalue weighted by atomic mass is 16.5. The maximum atomic E-state index is 6.36. The summed E-state index contributed by atoms with van der Waals surface area (Å²) in [5.41, 5.74) is 7.92. The molecule has 0 bridgehead atoms. The topological polar surface area (TPSA) is 80.1 Å². The lowest BCUT2D eigenvalue weighted by atomic mass is 10.1. The molecule has 1 saturated heterocycles. The molecule has 4 rings (SSSR count). The molecule has 0 amide bonds. The van der Waals surface area contributed by atoms with E-state index < -0.39 is 0 Å². The third-order valence-corrected chi connectivity index (χ3v) is 5.04. The van der Waals surface area contributed by atoms with Crippen molar-refractivity contribution in [1.29, 1.82) is 0 Å². The van der Waals surface area contributed by atoms with Crippen LogP contribution in [0, 0.1) is 0 Å². The number of likely N-dealkylation sites (tertiary alicyclic amines) is 1. The van der Waals surface area contributed by atoms with Crippen LogP contribution in [-0.2, 0) is 0 Å². The van der Waals surface area contributed by atoms with E-state index in [4.69, 9.17) is 10.5 Å². The van der Waals surface area contributed by atoms with E-state index in [0.29, 0.717) is 11.6 Å². The average molecular weight is 339 g/mol. The van der Waals surface area contributed by atoms with Crippen LogP contribution in [0.5, 0.6) is 5.75 Å². The van der Waals surface area contributed by atoms with Crippen LogP contribution in [-0.4, -0.2) is 45.6 Å². The van der Waals surface area contributed by atoms with Crippen molar-refractivity contribution in [2.45, 2.75) is 38.7 Å². The molecule has 1 aliphatic heterocycles. The maximum Gasteiger partial charge on any atom is 0.171 e. The van der Waals surface area contributed by atoms with Gasteiger partial charge in [-0.2, -0.15) is 0 Å². The van der Waals surface area contributed by atoms with Crippen molar-refractivity contribution in [1.82, 2.24) is 19.9 Å². The Bertz CT molecular complexity index is 867. The summed E-state index contributed by atoms with van der Waals surface area (Å²) in [5.74, 6) is 1.15. The van der Waals surface area contributed by atoms with Crippen LogP contribution in [0.3, 0.4) is 0 Å². The summed E-state index contributed by atoms with van der Waals surface area (Å²) in [6.07, 6.45) is 8.29. The first-order valence-corrected chi connectivity index (χ1v) is 9.16. The number of pyridine rings is 2. The zero-order valence-corrected chi connectivity index (χ0v) is 14.7. The SMILES string of the molecule is CCCCN1CCC(Oc2c(N)ncc3[nH]c4ncccc4c23)CC1. The molecule has 1 aliphatic rings. The first-order valence-electron chi connectivity index (χ1n) is 9.16. The Labute approximate surface area is 147 Å². The largest absolute Gasteiger partial charge is 0.486 e. The van der Waals surface area contributed by atoms with E-state index in [0.717, 1.165) is 47.9 Å². The molecule has 0 aromatic carbocycles. The molecule has 132 valence electrons. The third-order valence-electron chi connectivity index (χ3n) is 5.04. The molecule has 3 aromatic rings. The molecule has 3 N–H and O–H groups in total. The van der Waals surface area contributed by atoms with Crippen molar-refractivity contribution >= 4 is 27.8 Å². The lowest BCUT2D eigenvalue weighted by Gasteiger charge is -2.32. The average Bonchev–Trinajstić information content (AvgIpc) is 3.02. The molecular weight excluding hydrogens is 314 g/mol. The number of nitrogens with two attached hydrogens (primary N) is 1. The number of nitrogens with one attached hydrogen (secondary N) is 1. The first kappa shape index (κ1) is 16.1. The molecular formula is C19H25N5O. The molecule has 0 unspecified atom stereocenters. The van der Waals surface area contributed by atoms with Crippen LogP contribution in [0.1, 0.15) is 32.6 Å². The summed E-state index contributed by atoms with van der Waals surface area (Å²) in [6, 6.07) is 3.98. The number of ether oxygens (including phenoxy) is 1. The Balaban J connectivity index is 1.58. The lowest BCUT2D eigenvalue weighted by Crippen LogP contribution is -2.38. The maximum absolute atomic E-state index is 6.36. The number of hydrogen-bond donors (Lipinski definition) is 2. The van der Waals surface area contributed by atoms with E-state index in [-0.39, 0.29) is 6.10 Å². The molecule has 0 aliphatic carbocycles. The number of fused-ring (bicyclic) bond motifs is 3. The van der Waals surface area contributed by atoms with Crippen molar-refractivity contribution in [3.05, 3.63) is 24.5 Å². The van der Waals surface area contributed by atoms with Crippen LogP contribution in [0.4, 0.5) is 5.82 Å². The van der Waals surface area contributed by atoms with Gasteiger partial charge in [0.25, 0.3) is 0 Å². The molecule has 6 nitrogen and oxygen atoms in total. The minimum Gasteiger partial charge on any atom is -0.486 e. The highest BCUT2D eigenvalue weighted by molar-refractivity contribution is 6.10. The Morgan fingerprint density at radius 2 is 2.16 bits per heavy atom. The van der Waals surface area contributed by atoms with Gasteiger partial charge in [0.1, 0.15) is 11.8 Å². The quantitative estimate of drug-likeness (QED) is 0.745. The number of aromatic nitrogens is 3. The molecule has 3 aromatic heterocycles. The highest BCUT2D eigenvalue weighted by Gasteiger charge is 2.23. The molecule has 4 heterocycles. The Hall–Kier alpha value is -2.34. The third kappa shape index (κ3) is 3.14. The molecule has 1 fully saturated rings. The van der Waals surface area contributed by atoms with Gasteiger partial charge in [0.2, 0.25) is 0 Å². The molecule has 0 atom stereocenters. The van der Waals surface area contributed by atoms with Gasteiger partial charge in [0.05, 0.1) is 17.1 Å². The van der Waals surface area contributed by atoms with Gasteiger partial charge in [-0.05, 0) is 37.9 Å². The van der Waals surface area contributed by atoms with E-state index in [9.17, 15) is 0 Å². The summed E-state index contributed by atoms with van der Waals surface area (Å²) in [6.45, 7) is 5.60. The molecule has 0 spiro atoms. The van der Waals surface area contributed by atoms with Crippen molar-refractivity contribution in [3.8, 4) is 5.75 Å². The van der Waals surface area contributed by atoms with Crippen molar-refractivity contribution < 1.29 is 4.74 Å². The zero-order valence-electron chi connectivity index (χ0n) is 14.7. The van der Waals surface area contributed by atoms with Crippen molar-refractivity contribution in [2.24, 2.45) is 0 Å². The van der Waals surface area contributed by atoms with Gasteiger partial charge in [0, 0.05) is 24.7 Å². The minimum atomic E-state index is 0.189. The van der Waals surface area contributed by atoms with Crippen LogP contribution >= 0.6 is 0 Å². The van der Waals surface area contributed by atoms with Gasteiger partial charge in [-0.25, -0.2) is 9.97 Å². The molecule has 0 radical (unpaired) electrons. The Morgan fingerprint density at radius 3 is 2.96 bits per heavy atom. The fraction of sp³-hybridized carbons (Fsp3) is 0.474. The Morgan fingerprint density at radius 1 is 1.32 bits per heavy atom. The number of nitrogen functional groups attached to an aromatic ring is 1. The first-order chi connectivity index (χ1) is 12.3. The van der Waals surface area contributed by atoms with Crippen molar-refractivity contribution in [2.75, 3.05) is 25.4 Å². The van der Waals surface area contributed by atoms with Crippen molar-refractivity contribution in [3.63, 3.8) is 0 Å². The highest BCUT2D eigenvalue weighted by Crippen LogP contribution is 2.36. The summed E-state index contributed by atoms with van der Waals surface area (Å²) in [4.78, 5) is 14.5. The van der Waals surface area contributed by atoms with Crippen LogP contribution < -0.4 is 10.5 Å².